The summed E-state index contributed by atoms with van der Waals surface area (Å²) in [5.41, 5.74) is 4.35. The molecule has 0 unspecified atom stereocenters. The Morgan fingerprint density at radius 2 is 2.05 bits per heavy atom. The minimum Gasteiger partial charge on any atom is -0.300 e. The van der Waals surface area contributed by atoms with Crippen LogP contribution >= 0.6 is 0 Å². The predicted molar refractivity (Wildman–Crippen MR) is 84.6 cm³/mol. The zero-order chi connectivity index (χ0) is 14.1. The van der Waals surface area contributed by atoms with Crippen molar-refractivity contribution in [3.8, 4) is 0 Å². The first-order chi connectivity index (χ1) is 10.4. The maximum Gasteiger partial charge on any atom is 0.0657 e. The minimum absolute atomic E-state index is 0.858. The second-order valence-electron chi connectivity index (χ2n) is 7.07. The van der Waals surface area contributed by atoms with Crippen LogP contribution < -0.4 is 0 Å². The summed E-state index contributed by atoms with van der Waals surface area (Å²) in [5, 5.41) is 7.86. The van der Waals surface area contributed by atoms with Crippen LogP contribution in [0.5, 0.6) is 0 Å². The zero-order valence-electron chi connectivity index (χ0n) is 13.1. The summed E-state index contributed by atoms with van der Waals surface area (Å²) in [6, 6.07) is 0.858. The van der Waals surface area contributed by atoms with Gasteiger partial charge in [0.2, 0.25) is 0 Å². The Labute approximate surface area is 127 Å². The number of rotatable bonds is 4. The normalized spacial score (nSPS) is 26.8. The Morgan fingerprint density at radius 1 is 1.10 bits per heavy atom. The van der Waals surface area contributed by atoms with E-state index < -0.39 is 0 Å². The van der Waals surface area contributed by atoms with Crippen LogP contribution in [0, 0.1) is 0 Å². The third-order valence-electron chi connectivity index (χ3n) is 5.70. The SMILES string of the molecule is C1CCc2c(CCCN3CCN4CCC[C@@H]4C3)n[nH]c2C1. The molecule has 1 N–H and O–H groups in total. The molecule has 4 rings (SSSR count). The molecule has 116 valence electrons. The van der Waals surface area contributed by atoms with E-state index >= 15 is 0 Å². The van der Waals surface area contributed by atoms with Crippen molar-refractivity contribution in [3.63, 3.8) is 0 Å². The van der Waals surface area contributed by atoms with Gasteiger partial charge in [-0.25, -0.2) is 0 Å². The van der Waals surface area contributed by atoms with Crippen LogP contribution in [-0.4, -0.2) is 58.8 Å². The molecule has 0 bridgehead atoms. The van der Waals surface area contributed by atoms with Gasteiger partial charge >= 0.3 is 0 Å². The predicted octanol–water partition coefficient (Wildman–Crippen LogP) is 2.00. The molecule has 2 fully saturated rings. The fourth-order valence-electron chi connectivity index (χ4n) is 4.49. The van der Waals surface area contributed by atoms with E-state index in [0.29, 0.717) is 0 Å². The number of piperazine rings is 1. The smallest absolute Gasteiger partial charge is 0.0657 e. The number of fused-ring (bicyclic) bond motifs is 2. The van der Waals surface area contributed by atoms with Crippen molar-refractivity contribution in [2.45, 2.75) is 57.4 Å². The molecule has 4 nitrogen and oxygen atoms in total. The highest BCUT2D eigenvalue weighted by molar-refractivity contribution is 5.27. The minimum atomic E-state index is 0.858. The molecule has 0 spiro atoms. The third kappa shape index (κ3) is 2.88. The molecule has 0 aromatic carbocycles. The second-order valence-corrected chi connectivity index (χ2v) is 7.07. The van der Waals surface area contributed by atoms with Crippen molar-refractivity contribution in [2.24, 2.45) is 0 Å². The van der Waals surface area contributed by atoms with E-state index in [0.717, 1.165) is 12.5 Å². The van der Waals surface area contributed by atoms with Gasteiger partial charge in [-0.3, -0.25) is 10.00 Å². The fourth-order valence-corrected chi connectivity index (χ4v) is 4.49. The van der Waals surface area contributed by atoms with Crippen LogP contribution in [0.4, 0.5) is 0 Å². The van der Waals surface area contributed by atoms with Gasteiger partial charge in [0.05, 0.1) is 5.69 Å². The quantitative estimate of drug-likeness (QED) is 0.920. The monoisotopic (exact) mass is 288 g/mol. The van der Waals surface area contributed by atoms with Crippen LogP contribution in [0.3, 0.4) is 0 Å². The van der Waals surface area contributed by atoms with Crippen molar-refractivity contribution >= 4 is 0 Å². The molecule has 1 aromatic rings. The lowest BCUT2D eigenvalue weighted by atomic mass is 9.94. The standard InChI is InChI=1S/C17H28N4/c1-2-7-16-15(6-1)17(19-18-16)8-4-9-20-11-12-21-10-3-5-14(21)13-20/h14H,1-13H2,(H,18,19)/t14-/m1/s1. The Balaban J connectivity index is 1.27. The molecular formula is C17H28N4. The molecule has 3 heterocycles. The van der Waals surface area contributed by atoms with Crippen LogP contribution in [0.1, 0.15) is 49.1 Å². The topological polar surface area (TPSA) is 35.2 Å². The van der Waals surface area contributed by atoms with Crippen LogP contribution in [-0.2, 0) is 19.3 Å². The average Bonchev–Trinajstić information content (AvgIpc) is 3.14. The first-order valence-electron chi connectivity index (χ1n) is 8.91. The Bertz CT molecular complexity index is 481. The van der Waals surface area contributed by atoms with E-state index in [1.165, 1.54) is 89.1 Å². The fraction of sp³-hybridized carbons (Fsp3) is 0.824. The summed E-state index contributed by atoms with van der Waals surface area (Å²) >= 11 is 0. The van der Waals surface area contributed by atoms with Gasteiger partial charge in [0.25, 0.3) is 0 Å². The maximum atomic E-state index is 4.58. The molecule has 0 amide bonds. The zero-order valence-corrected chi connectivity index (χ0v) is 13.1. The Hall–Kier alpha value is -0.870. The lowest BCUT2D eigenvalue weighted by Crippen LogP contribution is -2.50. The molecule has 3 aliphatic rings. The van der Waals surface area contributed by atoms with E-state index in [1.54, 1.807) is 5.56 Å². The molecule has 1 aromatic heterocycles. The van der Waals surface area contributed by atoms with Crippen LogP contribution in [0.15, 0.2) is 0 Å². The summed E-state index contributed by atoms with van der Waals surface area (Å²) in [6.45, 7) is 6.47. The van der Waals surface area contributed by atoms with E-state index in [1.807, 2.05) is 0 Å². The summed E-state index contributed by atoms with van der Waals surface area (Å²) in [5.74, 6) is 0. The first-order valence-corrected chi connectivity index (χ1v) is 8.91. The van der Waals surface area contributed by atoms with Gasteiger partial charge in [0, 0.05) is 31.4 Å². The number of nitrogens with zero attached hydrogens (tertiary/aromatic N) is 3. The number of H-pyrrole nitrogens is 1. The molecule has 2 aliphatic heterocycles. The van der Waals surface area contributed by atoms with Crippen molar-refractivity contribution in [1.82, 2.24) is 20.0 Å². The molecule has 2 saturated heterocycles. The van der Waals surface area contributed by atoms with Gasteiger partial charge in [-0.1, -0.05) is 0 Å². The van der Waals surface area contributed by atoms with Gasteiger partial charge < -0.3 is 4.90 Å². The van der Waals surface area contributed by atoms with E-state index in [-0.39, 0.29) is 0 Å². The van der Waals surface area contributed by atoms with Gasteiger partial charge in [0.1, 0.15) is 0 Å². The summed E-state index contributed by atoms with van der Waals surface area (Å²) < 4.78 is 0. The first kappa shape index (κ1) is 13.8. The van der Waals surface area contributed by atoms with Crippen molar-refractivity contribution in [2.75, 3.05) is 32.7 Å². The van der Waals surface area contributed by atoms with Gasteiger partial charge in [-0.2, -0.15) is 5.10 Å². The lowest BCUT2D eigenvalue weighted by molar-refractivity contribution is 0.104. The third-order valence-corrected chi connectivity index (χ3v) is 5.70. The average molecular weight is 288 g/mol. The van der Waals surface area contributed by atoms with Gasteiger partial charge in [-0.15, -0.1) is 0 Å². The molecular weight excluding hydrogens is 260 g/mol. The summed E-state index contributed by atoms with van der Waals surface area (Å²) in [4.78, 5) is 5.38. The number of hydrogen-bond acceptors (Lipinski definition) is 3. The largest absolute Gasteiger partial charge is 0.300 e. The molecule has 21 heavy (non-hydrogen) atoms. The maximum absolute atomic E-state index is 4.58. The Kier molecular flexibility index (Phi) is 3.99. The van der Waals surface area contributed by atoms with Crippen molar-refractivity contribution in [1.29, 1.82) is 0 Å². The van der Waals surface area contributed by atoms with Crippen LogP contribution in [0.2, 0.25) is 0 Å². The highest BCUT2D eigenvalue weighted by Crippen LogP contribution is 2.24. The van der Waals surface area contributed by atoms with Crippen LogP contribution in [0.25, 0.3) is 0 Å². The van der Waals surface area contributed by atoms with Gasteiger partial charge in [0.15, 0.2) is 0 Å². The Morgan fingerprint density at radius 3 is 3.05 bits per heavy atom. The second kappa shape index (κ2) is 6.09. The number of aromatic amines is 1. The lowest BCUT2D eigenvalue weighted by Gasteiger charge is -2.37. The summed E-state index contributed by atoms with van der Waals surface area (Å²) in [7, 11) is 0. The number of aryl methyl sites for hydroxylation is 2. The molecule has 0 radical (unpaired) electrons. The number of aromatic nitrogens is 2. The number of hydrogen-bond donors (Lipinski definition) is 1. The molecule has 1 aliphatic carbocycles. The van der Waals surface area contributed by atoms with E-state index in [9.17, 15) is 0 Å². The highest BCUT2D eigenvalue weighted by atomic mass is 15.3. The van der Waals surface area contributed by atoms with E-state index in [2.05, 4.69) is 20.0 Å². The van der Waals surface area contributed by atoms with Crippen molar-refractivity contribution < 1.29 is 0 Å². The van der Waals surface area contributed by atoms with Crippen molar-refractivity contribution in [3.05, 3.63) is 17.0 Å². The molecule has 0 saturated carbocycles. The van der Waals surface area contributed by atoms with E-state index in [4.69, 9.17) is 0 Å². The number of nitrogens with one attached hydrogen (secondary N) is 1. The molecule has 4 heteroatoms. The molecule has 1 atom stereocenters. The van der Waals surface area contributed by atoms with Gasteiger partial charge in [-0.05, 0) is 70.0 Å². The summed E-state index contributed by atoms with van der Waals surface area (Å²) in [6.07, 6.45) is 10.4. The highest BCUT2D eigenvalue weighted by Gasteiger charge is 2.30.